The van der Waals surface area contributed by atoms with Crippen LogP contribution in [0.25, 0.3) is 0 Å². The molecule has 5 rings (SSSR count). The van der Waals surface area contributed by atoms with E-state index in [-0.39, 0.29) is 37.0 Å². The lowest BCUT2D eigenvalue weighted by molar-refractivity contribution is -0.140. The smallest absolute Gasteiger partial charge is 0.246 e. The fourth-order valence-corrected chi connectivity index (χ4v) is 5.78. The minimum atomic E-state index is -1.11. The molecule has 4 aliphatic carbocycles. The van der Waals surface area contributed by atoms with E-state index in [4.69, 9.17) is 16.3 Å². The summed E-state index contributed by atoms with van der Waals surface area (Å²) in [4.78, 5) is 25.2. The fraction of sp³-hybridized carbons (Fsp3) is 0.905. The van der Waals surface area contributed by atoms with Crippen molar-refractivity contribution < 1.29 is 23.8 Å². The molecule has 4 saturated carbocycles. The summed E-state index contributed by atoms with van der Waals surface area (Å²) in [7, 11) is 0. The molecule has 0 aromatic rings. The van der Waals surface area contributed by atoms with Crippen molar-refractivity contribution in [2.45, 2.75) is 92.2 Å². The monoisotopic (exact) mass is 460 g/mol. The highest BCUT2D eigenvalue weighted by atomic mass is 35.5. The van der Waals surface area contributed by atoms with E-state index in [1.807, 2.05) is 0 Å². The quantitative estimate of drug-likeness (QED) is 0.360. The Balaban J connectivity index is 1.26. The van der Waals surface area contributed by atoms with Gasteiger partial charge in [-0.25, -0.2) is 4.39 Å². The van der Waals surface area contributed by atoms with E-state index in [1.54, 1.807) is 0 Å². The molecule has 0 aromatic heterocycles. The third-order valence-electron chi connectivity index (χ3n) is 7.55. The van der Waals surface area contributed by atoms with Crippen molar-refractivity contribution in [3.63, 3.8) is 0 Å². The van der Waals surface area contributed by atoms with E-state index >= 15 is 0 Å². The highest BCUT2D eigenvalue weighted by Gasteiger charge is 2.55. The van der Waals surface area contributed by atoms with Crippen LogP contribution in [0.5, 0.6) is 0 Å². The Morgan fingerprint density at radius 2 is 1.94 bits per heavy atom. The first-order chi connectivity index (χ1) is 14.8. The van der Waals surface area contributed by atoms with Crippen LogP contribution in [-0.4, -0.2) is 84.0 Å². The SMILES string of the molecule is O=C(COC1CCC(Cl)C(F)C1)NC12CCC(NC(=O)C3CNCCN3)(CC1)C[C@@H]2O. The molecular formula is C21H34ClFN4O4. The van der Waals surface area contributed by atoms with E-state index < -0.39 is 28.7 Å². The number of aliphatic hydroxyl groups excluding tert-OH is 1. The number of alkyl halides is 2. The van der Waals surface area contributed by atoms with Gasteiger partial charge in [-0.15, -0.1) is 11.6 Å². The Morgan fingerprint density at radius 3 is 2.58 bits per heavy atom. The third-order valence-corrected chi connectivity index (χ3v) is 8.04. The van der Waals surface area contributed by atoms with Crippen LogP contribution in [0.4, 0.5) is 4.39 Å². The molecule has 1 saturated heterocycles. The molecule has 4 unspecified atom stereocenters. The molecule has 0 aromatic carbocycles. The number of fused-ring (bicyclic) bond motifs is 3. The van der Waals surface area contributed by atoms with E-state index in [2.05, 4.69) is 21.3 Å². The second-order valence-corrected chi connectivity index (χ2v) is 10.2. The molecular weight excluding hydrogens is 427 g/mol. The minimum Gasteiger partial charge on any atom is -0.391 e. The molecule has 1 aliphatic heterocycles. The van der Waals surface area contributed by atoms with E-state index in [0.717, 1.165) is 13.1 Å². The van der Waals surface area contributed by atoms with Gasteiger partial charge in [0.1, 0.15) is 12.8 Å². The Bertz CT molecular complexity index is 670. The molecule has 31 heavy (non-hydrogen) atoms. The van der Waals surface area contributed by atoms with Crippen LogP contribution in [0.1, 0.15) is 51.4 Å². The fourth-order valence-electron chi connectivity index (χ4n) is 5.55. The average molecular weight is 461 g/mol. The first-order valence-corrected chi connectivity index (χ1v) is 11.9. The van der Waals surface area contributed by atoms with Crippen molar-refractivity contribution in [3.8, 4) is 0 Å². The van der Waals surface area contributed by atoms with Gasteiger partial charge in [0.25, 0.3) is 0 Å². The molecule has 0 spiro atoms. The number of halogens is 2. The van der Waals surface area contributed by atoms with E-state index in [1.165, 1.54) is 0 Å². The molecule has 2 amide bonds. The first kappa shape index (κ1) is 23.2. The van der Waals surface area contributed by atoms with Crippen LogP contribution in [0, 0.1) is 0 Å². The summed E-state index contributed by atoms with van der Waals surface area (Å²) in [6.45, 7) is 2.05. The molecule has 5 atom stereocenters. The largest absolute Gasteiger partial charge is 0.391 e. The van der Waals surface area contributed by atoms with Crippen LogP contribution in [0.15, 0.2) is 0 Å². The highest BCUT2D eigenvalue weighted by molar-refractivity contribution is 6.21. The minimum absolute atomic E-state index is 0.0379. The maximum absolute atomic E-state index is 13.8. The highest BCUT2D eigenvalue weighted by Crippen LogP contribution is 2.47. The van der Waals surface area contributed by atoms with Crippen molar-refractivity contribution in [1.82, 2.24) is 21.3 Å². The number of nitrogens with one attached hydrogen (secondary N) is 4. The molecule has 1 heterocycles. The average Bonchev–Trinajstić information content (AvgIpc) is 2.76. The zero-order valence-electron chi connectivity index (χ0n) is 17.8. The third kappa shape index (κ3) is 5.16. The van der Waals surface area contributed by atoms with Gasteiger partial charge in [-0.05, 0) is 44.9 Å². The van der Waals surface area contributed by atoms with Crippen LogP contribution < -0.4 is 21.3 Å². The van der Waals surface area contributed by atoms with Gasteiger partial charge in [0.05, 0.1) is 29.2 Å². The van der Waals surface area contributed by atoms with Gasteiger partial charge in [0.15, 0.2) is 0 Å². The number of carbonyl (C=O) groups is 2. The van der Waals surface area contributed by atoms with Gasteiger partial charge in [0, 0.05) is 31.6 Å². The normalized spacial score (nSPS) is 42.7. The van der Waals surface area contributed by atoms with Gasteiger partial charge in [0.2, 0.25) is 11.8 Å². The number of aliphatic hydroxyl groups is 1. The van der Waals surface area contributed by atoms with Crippen LogP contribution in [0.3, 0.4) is 0 Å². The molecule has 0 radical (unpaired) electrons. The van der Waals surface area contributed by atoms with Gasteiger partial charge >= 0.3 is 0 Å². The summed E-state index contributed by atoms with van der Waals surface area (Å²) >= 11 is 5.90. The molecule has 2 bridgehead atoms. The number of hydrogen-bond donors (Lipinski definition) is 5. The van der Waals surface area contributed by atoms with Crippen LogP contribution in [0.2, 0.25) is 0 Å². The summed E-state index contributed by atoms with van der Waals surface area (Å²) in [6, 6.07) is -0.261. The van der Waals surface area contributed by atoms with Gasteiger partial charge in [-0.1, -0.05) is 0 Å². The zero-order chi connectivity index (χ0) is 22.1. The van der Waals surface area contributed by atoms with E-state index in [0.29, 0.717) is 51.5 Å². The predicted octanol–water partition coefficient (Wildman–Crippen LogP) is 0.111. The van der Waals surface area contributed by atoms with Crippen molar-refractivity contribution in [2.24, 2.45) is 0 Å². The molecule has 10 heteroatoms. The molecule has 5 fully saturated rings. The number of ether oxygens (including phenoxy) is 1. The second kappa shape index (κ2) is 9.47. The number of hydrogen-bond acceptors (Lipinski definition) is 6. The van der Waals surface area contributed by atoms with E-state index in [9.17, 15) is 19.1 Å². The molecule has 8 nitrogen and oxygen atoms in total. The number of piperazine rings is 1. The lowest BCUT2D eigenvalue weighted by atomic mass is 9.59. The topological polar surface area (TPSA) is 112 Å². The van der Waals surface area contributed by atoms with Crippen molar-refractivity contribution in [1.29, 1.82) is 0 Å². The van der Waals surface area contributed by atoms with Gasteiger partial charge in [-0.2, -0.15) is 0 Å². The number of carbonyl (C=O) groups excluding carboxylic acids is 2. The summed E-state index contributed by atoms with van der Waals surface area (Å²) in [5.41, 5.74) is -1.11. The van der Waals surface area contributed by atoms with Crippen LogP contribution in [-0.2, 0) is 14.3 Å². The van der Waals surface area contributed by atoms with Gasteiger partial charge in [-0.3, -0.25) is 9.59 Å². The number of rotatable bonds is 6. The number of amides is 2. The van der Waals surface area contributed by atoms with Crippen molar-refractivity contribution in [3.05, 3.63) is 0 Å². The summed E-state index contributed by atoms with van der Waals surface area (Å²) in [6.07, 6.45) is 2.28. The molecule has 5 aliphatic rings. The summed E-state index contributed by atoms with van der Waals surface area (Å²) in [5.74, 6) is -0.331. The van der Waals surface area contributed by atoms with Gasteiger partial charge < -0.3 is 31.1 Å². The Kier molecular flexibility index (Phi) is 7.08. The molecule has 176 valence electrons. The molecule has 5 N–H and O–H groups in total. The standard InChI is InChI=1S/C21H34ClFN4O4/c22-14-2-1-13(9-15(14)23)31-12-18(29)26-21-5-3-20(4-6-21,10-17(21)28)27-19(30)16-11-24-7-8-25-16/h13-17,24-25,28H,1-12H2,(H,26,29)(H,27,30)/t13?,14?,15?,16?,17-,20?,21?/m0/s1. The lowest BCUT2D eigenvalue weighted by Crippen LogP contribution is -2.71. The first-order valence-electron chi connectivity index (χ1n) is 11.5. The maximum Gasteiger partial charge on any atom is 0.246 e. The maximum atomic E-state index is 13.8. The Hall–Kier alpha value is -1.00. The summed E-state index contributed by atoms with van der Waals surface area (Å²) in [5, 5.41) is 23.0. The lowest BCUT2D eigenvalue weighted by Gasteiger charge is -2.56. The summed E-state index contributed by atoms with van der Waals surface area (Å²) < 4.78 is 19.4. The Labute approximate surface area is 187 Å². The zero-order valence-corrected chi connectivity index (χ0v) is 18.6. The second-order valence-electron chi connectivity index (χ2n) is 9.68. The predicted molar refractivity (Wildman–Crippen MR) is 114 cm³/mol. The van der Waals surface area contributed by atoms with Crippen molar-refractivity contribution in [2.75, 3.05) is 26.2 Å². The van der Waals surface area contributed by atoms with Crippen molar-refractivity contribution >= 4 is 23.4 Å². The Morgan fingerprint density at radius 1 is 1.16 bits per heavy atom. The van der Waals surface area contributed by atoms with Crippen LogP contribution >= 0.6 is 11.6 Å².